The molecular formula is C6H9ClO3. The van der Waals surface area contributed by atoms with Crippen molar-refractivity contribution in [3.05, 3.63) is 11.1 Å². The van der Waals surface area contributed by atoms with Gasteiger partial charge in [0.1, 0.15) is 0 Å². The monoisotopic (exact) mass is 164 g/mol. The van der Waals surface area contributed by atoms with Gasteiger partial charge in [0.15, 0.2) is 0 Å². The minimum Gasteiger partial charge on any atom is -0.463 e. The molecule has 0 aromatic heterocycles. The number of aliphatic hydroxyl groups is 1. The highest BCUT2D eigenvalue weighted by Crippen LogP contribution is 1.98. The Morgan fingerprint density at radius 1 is 1.80 bits per heavy atom. The predicted octanol–water partition coefficient (Wildman–Crippen LogP) is 0.665. The third kappa shape index (κ3) is 4.35. The van der Waals surface area contributed by atoms with Gasteiger partial charge in [0, 0.05) is 6.08 Å². The molecular weight excluding hydrogens is 156 g/mol. The average Bonchev–Trinajstić information content (AvgIpc) is 1.88. The van der Waals surface area contributed by atoms with Crippen LogP contribution in [0.4, 0.5) is 0 Å². The fourth-order valence-electron chi connectivity index (χ4n) is 0.357. The van der Waals surface area contributed by atoms with Crippen LogP contribution in [-0.4, -0.2) is 24.3 Å². The Kier molecular flexibility index (Phi) is 4.98. The van der Waals surface area contributed by atoms with Gasteiger partial charge in [-0.1, -0.05) is 11.6 Å². The first-order chi connectivity index (χ1) is 4.70. The van der Waals surface area contributed by atoms with E-state index in [0.29, 0.717) is 6.61 Å². The third-order valence-electron chi connectivity index (χ3n) is 0.712. The molecule has 0 aliphatic rings. The van der Waals surface area contributed by atoms with E-state index in [0.717, 1.165) is 6.08 Å². The van der Waals surface area contributed by atoms with Crippen LogP contribution in [-0.2, 0) is 9.53 Å². The van der Waals surface area contributed by atoms with Gasteiger partial charge in [-0.15, -0.1) is 0 Å². The molecule has 0 spiro atoms. The van der Waals surface area contributed by atoms with Gasteiger partial charge < -0.3 is 9.84 Å². The van der Waals surface area contributed by atoms with E-state index in [9.17, 15) is 4.79 Å². The molecule has 0 aliphatic heterocycles. The molecule has 0 aromatic carbocycles. The SMILES string of the molecule is CCOC(=O)/C=C(\Cl)CO. The summed E-state index contributed by atoms with van der Waals surface area (Å²) in [5, 5.41) is 8.43. The summed E-state index contributed by atoms with van der Waals surface area (Å²) in [7, 11) is 0. The van der Waals surface area contributed by atoms with Crippen LogP contribution < -0.4 is 0 Å². The van der Waals surface area contributed by atoms with Crippen LogP contribution in [0.15, 0.2) is 11.1 Å². The molecule has 0 heterocycles. The number of aliphatic hydroxyl groups excluding tert-OH is 1. The zero-order chi connectivity index (χ0) is 7.98. The Morgan fingerprint density at radius 3 is 2.80 bits per heavy atom. The average molecular weight is 165 g/mol. The Balaban J connectivity index is 3.75. The van der Waals surface area contributed by atoms with E-state index in [-0.39, 0.29) is 11.6 Å². The van der Waals surface area contributed by atoms with E-state index in [1.165, 1.54) is 0 Å². The zero-order valence-corrected chi connectivity index (χ0v) is 6.39. The van der Waals surface area contributed by atoms with Gasteiger partial charge >= 0.3 is 5.97 Å². The van der Waals surface area contributed by atoms with Crippen LogP contribution in [0.25, 0.3) is 0 Å². The molecule has 0 bridgehead atoms. The number of rotatable bonds is 3. The lowest BCUT2D eigenvalue weighted by Gasteiger charge is -1.94. The van der Waals surface area contributed by atoms with Crippen LogP contribution in [0.5, 0.6) is 0 Å². The van der Waals surface area contributed by atoms with Crippen molar-refractivity contribution >= 4 is 17.6 Å². The summed E-state index contributed by atoms with van der Waals surface area (Å²) in [6, 6.07) is 0. The van der Waals surface area contributed by atoms with Crippen molar-refractivity contribution < 1.29 is 14.6 Å². The minimum absolute atomic E-state index is 0.0819. The van der Waals surface area contributed by atoms with E-state index >= 15 is 0 Å². The zero-order valence-electron chi connectivity index (χ0n) is 5.63. The Labute approximate surface area is 64.2 Å². The number of hydrogen-bond acceptors (Lipinski definition) is 3. The second kappa shape index (κ2) is 5.26. The van der Waals surface area contributed by atoms with Gasteiger partial charge in [-0.3, -0.25) is 0 Å². The van der Waals surface area contributed by atoms with E-state index in [1.54, 1.807) is 6.92 Å². The molecule has 0 aromatic rings. The van der Waals surface area contributed by atoms with Crippen molar-refractivity contribution in [1.82, 2.24) is 0 Å². The van der Waals surface area contributed by atoms with E-state index in [1.807, 2.05) is 0 Å². The fourth-order valence-corrected chi connectivity index (χ4v) is 0.447. The van der Waals surface area contributed by atoms with E-state index in [4.69, 9.17) is 16.7 Å². The smallest absolute Gasteiger partial charge is 0.331 e. The number of esters is 1. The molecule has 0 unspecified atom stereocenters. The van der Waals surface area contributed by atoms with Crippen molar-refractivity contribution in [2.24, 2.45) is 0 Å². The third-order valence-corrected chi connectivity index (χ3v) is 0.941. The van der Waals surface area contributed by atoms with Crippen molar-refractivity contribution in [3.63, 3.8) is 0 Å². The van der Waals surface area contributed by atoms with Crippen LogP contribution in [0, 0.1) is 0 Å². The highest BCUT2D eigenvalue weighted by atomic mass is 35.5. The summed E-state index contributed by atoms with van der Waals surface area (Å²) >= 11 is 5.31. The van der Waals surface area contributed by atoms with Gasteiger partial charge in [-0.25, -0.2) is 4.79 Å². The van der Waals surface area contributed by atoms with Crippen molar-refractivity contribution in [1.29, 1.82) is 0 Å². The Morgan fingerprint density at radius 2 is 2.40 bits per heavy atom. The Bertz CT molecular complexity index is 142. The lowest BCUT2D eigenvalue weighted by Crippen LogP contribution is -2.00. The lowest BCUT2D eigenvalue weighted by atomic mass is 10.5. The standard InChI is InChI=1S/C6H9ClO3/c1-2-10-6(9)3-5(7)4-8/h3,8H,2,4H2,1H3/b5-3-. The minimum atomic E-state index is -0.526. The molecule has 0 aliphatic carbocycles. The van der Waals surface area contributed by atoms with Crippen LogP contribution in [0.1, 0.15) is 6.92 Å². The van der Waals surface area contributed by atoms with Gasteiger partial charge in [0.2, 0.25) is 0 Å². The maximum atomic E-state index is 10.5. The van der Waals surface area contributed by atoms with E-state index in [2.05, 4.69) is 4.74 Å². The van der Waals surface area contributed by atoms with E-state index < -0.39 is 5.97 Å². The number of carbonyl (C=O) groups is 1. The van der Waals surface area contributed by atoms with Crippen molar-refractivity contribution in [2.45, 2.75) is 6.92 Å². The highest BCUT2D eigenvalue weighted by molar-refractivity contribution is 6.31. The second-order valence-electron chi connectivity index (χ2n) is 1.50. The summed E-state index contributed by atoms with van der Waals surface area (Å²) in [6.07, 6.45) is 1.05. The summed E-state index contributed by atoms with van der Waals surface area (Å²) in [4.78, 5) is 10.5. The summed E-state index contributed by atoms with van der Waals surface area (Å²) in [5.41, 5.74) is 0. The molecule has 4 heteroatoms. The lowest BCUT2D eigenvalue weighted by molar-refractivity contribution is -0.137. The maximum absolute atomic E-state index is 10.5. The summed E-state index contributed by atoms with van der Waals surface area (Å²) < 4.78 is 4.50. The highest BCUT2D eigenvalue weighted by Gasteiger charge is 1.96. The van der Waals surface area contributed by atoms with Crippen molar-refractivity contribution in [3.8, 4) is 0 Å². The first-order valence-corrected chi connectivity index (χ1v) is 3.22. The molecule has 10 heavy (non-hydrogen) atoms. The molecule has 0 atom stereocenters. The summed E-state index contributed by atoms with van der Waals surface area (Å²) in [6.45, 7) is 1.67. The topological polar surface area (TPSA) is 46.5 Å². The first kappa shape index (κ1) is 9.46. The fraction of sp³-hybridized carbons (Fsp3) is 0.500. The molecule has 0 rings (SSSR count). The number of ether oxygens (including phenoxy) is 1. The molecule has 0 saturated carbocycles. The molecule has 0 radical (unpaired) electrons. The predicted molar refractivity (Wildman–Crippen MR) is 37.7 cm³/mol. The van der Waals surface area contributed by atoms with Gasteiger partial charge in [0.25, 0.3) is 0 Å². The quantitative estimate of drug-likeness (QED) is 0.493. The van der Waals surface area contributed by atoms with Gasteiger partial charge in [-0.2, -0.15) is 0 Å². The second-order valence-corrected chi connectivity index (χ2v) is 1.99. The molecule has 0 saturated heterocycles. The Hall–Kier alpha value is -0.540. The number of hydrogen-bond donors (Lipinski definition) is 1. The van der Waals surface area contributed by atoms with Crippen molar-refractivity contribution in [2.75, 3.05) is 13.2 Å². The molecule has 1 N–H and O–H groups in total. The normalized spacial score (nSPS) is 11.3. The molecule has 0 amide bonds. The number of carbonyl (C=O) groups excluding carboxylic acids is 1. The largest absolute Gasteiger partial charge is 0.463 e. The van der Waals surface area contributed by atoms with Crippen LogP contribution in [0.2, 0.25) is 0 Å². The van der Waals surface area contributed by atoms with Gasteiger partial charge in [-0.05, 0) is 6.92 Å². The molecule has 58 valence electrons. The maximum Gasteiger partial charge on any atom is 0.331 e. The van der Waals surface area contributed by atoms with Crippen LogP contribution >= 0.6 is 11.6 Å². The first-order valence-electron chi connectivity index (χ1n) is 2.84. The molecule has 3 nitrogen and oxygen atoms in total. The molecule has 0 fully saturated rings. The van der Waals surface area contributed by atoms with Gasteiger partial charge in [0.05, 0.1) is 18.2 Å². The van der Waals surface area contributed by atoms with Crippen LogP contribution in [0.3, 0.4) is 0 Å². The number of halogens is 1. The summed E-state index contributed by atoms with van der Waals surface area (Å²) in [5.74, 6) is -0.526.